The molecule has 0 spiro atoms. The SMILES string of the molecule is CC(O)CC(C)Nc1ccc(F)c(N)c1C(=O)O. The quantitative estimate of drug-likeness (QED) is 0.601. The number of carboxylic acids is 1. The predicted molar refractivity (Wildman–Crippen MR) is 67.2 cm³/mol. The maximum absolute atomic E-state index is 13.2. The van der Waals surface area contributed by atoms with Crippen LogP contribution in [-0.2, 0) is 0 Å². The molecule has 0 aliphatic rings. The fourth-order valence-electron chi connectivity index (χ4n) is 1.78. The molecule has 1 aromatic carbocycles. The summed E-state index contributed by atoms with van der Waals surface area (Å²) in [7, 11) is 0. The van der Waals surface area contributed by atoms with Crippen molar-refractivity contribution in [2.75, 3.05) is 11.1 Å². The molecule has 0 aromatic heterocycles. The van der Waals surface area contributed by atoms with Gasteiger partial charge in [-0.15, -0.1) is 0 Å². The van der Waals surface area contributed by atoms with Crippen LogP contribution in [0.4, 0.5) is 15.8 Å². The van der Waals surface area contributed by atoms with Crippen molar-refractivity contribution in [3.8, 4) is 0 Å². The minimum Gasteiger partial charge on any atom is -0.478 e. The Morgan fingerprint density at radius 2 is 2.11 bits per heavy atom. The van der Waals surface area contributed by atoms with Crippen molar-refractivity contribution in [3.63, 3.8) is 0 Å². The van der Waals surface area contributed by atoms with E-state index in [1.165, 1.54) is 6.07 Å². The van der Waals surface area contributed by atoms with Gasteiger partial charge in [0.05, 0.1) is 17.5 Å². The molecule has 2 atom stereocenters. The maximum atomic E-state index is 13.2. The molecule has 18 heavy (non-hydrogen) atoms. The van der Waals surface area contributed by atoms with Crippen molar-refractivity contribution >= 4 is 17.3 Å². The summed E-state index contributed by atoms with van der Waals surface area (Å²) in [6.45, 7) is 3.42. The number of anilines is 2. The molecule has 0 heterocycles. The van der Waals surface area contributed by atoms with Crippen molar-refractivity contribution in [2.45, 2.75) is 32.4 Å². The second-order valence-electron chi connectivity index (χ2n) is 4.32. The van der Waals surface area contributed by atoms with Gasteiger partial charge in [-0.05, 0) is 32.4 Å². The summed E-state index contributed by atoms with van der Waals surface area (Å²) in [6, 6.07) is 2.28. The van der Waals surface area contributed by atoms with E-state index in [2.05, 4.69) is 5.32 Å². The highest BCUT2D eigenvalue weighted by Crippen LogP contribution is 2.26. The number of aromatic carboxylic acids is 1. The molecule has 5 nitrogen and oxygen atoms in total. The molecule has 0 bridgehead atoms. The molecule has 1 rings (SSSR count). The second kappa shape index (κ2) is 5.68. The largest absolute Gasteiger partial charge is 0.478 e. The molecule has 0 radical (unpaired) electrons. The Balaban J connectivity index is 3.02. The van der Waals surface area contributed by atoms with E-state index in [9.17, 15) is 14.3 Å². The van der Waals surface area contributed by atoms with Crippen LogP contribution in [0.15, 0.2) is 12.1 Å². The summed E-state index contributed by atoms with van der Waals surface area (Å²) in [4.78, 5) is 11.1. The third-order valence-corrected chi connectivity index (χ3v) is 2.50. The number of nitrogens with two attached hydrogens (primary N) is 1. The van der Waals surface area contributed by atoms with Crippen molar-refractivity contribution in [3.05, 3.63) is 23.5 Å². The Kier molecular flexibility index (Phi) is 4.49. The number of halogens is 1. The number of aliphatic hydroxyl groups excluding tert-OH is 1. The molecule has 0 amide bonds. The highest BCUT2D eigenvalue weighted by molar-refractivity contribution is 6.00. The molecule has 0 aliphatic heterocycles. The standard InChI is InChI=1S/C12H17FN2O3/c1-6(5-7(2)16)15-9-4-3-8(13)11(14)10(9)12(17)18/h3-4,6-7,15-16H,5,14H2,1-2H3,(H,17,18). The number of nitrogens with one attached hydrogen (secondary N) is 1. The summed E-state index contributed by atoms with van der Waals surface area (Å²) < 4.78 is 13.2. The van der Waals surface area contributed by atoms with E-state index >= 15 is 0 Å². The van der Waals surface area contributed by atoms with Crippen LogP contribution >= 0.6 is 0 Å². The van der Waals surface area contributed by atoms with E-state index in [0.717, 1.165) is 6.07 Å². The van der Waals surface area contributed by atoms with Gasteiger partial charge in [0, 0.05) is 6.04 Å². The van der Waals surface area contributed by atoms with Crippen molar-refractivity contribution in [1.29, 1.82) is 0 Å². The number of benzene rings is 1. The maximum Gasteiger partial charge on any atom is 0.340 e. The smallest absolute Gasteiger partial charge is 0.340 e. The number of rotatable bonds is 5. The lowest BCUT2D eigenvalue weighted by Crippen LogP contribution is -2.22. The van der Waals surface area contributed by atoms with Gasteiger partial charge in [-0.1, -0.05) is 0 Å². The van der Waals surface area contributed by atoms with Crippen LogP contribution in [0.5, 0.6) is 0 Å². The second-order valence-corrected chi connectivity index (χ2v) is 4.32. The molecule has 0 saturated heterocycles. The van der Waals surface area contributed by atoms with Gasteiger partial charge < -0.3 is 21.3 Å². The molecule has 100 valence electrons. The molecule has 0 saturated carbocycles. The van der Waals surface area contributed by atoms with Crippen LogP contribution in [-0.4, -0.2) is 28.3 Å². The van der Waals surface area contributed by atoms with Crippen molar-refractivity contribution in [1.82, 2.24) is 0 Å². The lowest BCUT2D eigenvalue weighted by atomic mass is 10.1. The van der Waals surface area contributed by atoms with Crippen LogP contribution in [0.1, 0.15) is 30.6 Å². The van der Waals surface area contributed by atoms with Gasteiger partial charge in [0.25, 0.3) is 0 Å². The van der Waals surface area contributed by atoms with Crippen molar-refractivity contribution in [2.24, 2.45) is 0 Å². The molecule has 1 aromatic rings. The van der Waals surface area contributed by atoms with Crippen LogP contribution in [0.3, 0.4) is 0 Å². The van der Waals surface area contributed by atoms with E-state index in [0.29, 0.717) is 6.42 Å². The van der Waals surface area contributed by atoms with Crippen LogP contribution < -0.4 is 11.1 Å². The zero-order chi connectivity index (χ0) is 13.9. The molecule has 0 fully saturated rings. The van der Waals surface area contributed by atoms with Gasteiger partial charge in [0.1, 0.15) is 11.4 Å². The number of nitrogen functional groups attached to an aromatic ring is 1. The van der Waals surface area contributed by atoms with E-state index in [4.69, 9.17) is 10.8 Å². The first-order chi connectivity index (χ1) is 8.32. The van der Waals surface area contributed by atoms with E-state index in [-0.39, 0.29) is 17.3 Å². The lowest BCUT2D eigenvalue weighted by molar-refractivity contribution is 0.0698. The first-order valence-corrected chi connectivity index (χ1v) is 5.58. The predicted octanol–water partition coefficient (Wildman–Crippen LogP) is 1.68. The summed E-state index contributed by atoms with van der Waals surface area (Å²) in [5.74, 6) is -2.06. The van der Waals surface area contributed by atoms with E-state index in [1.54, 1.807) is 13.8 Å². The fourth-order valence-corrected chi connectivity index (χ4v) is 1.78. The topological polar surface area (TPSA) is 95.6 Å². The average molecular weight is 256 g/mol. The first-order valence-electron chi connectivity index (χ1n) is 5.58. The Labute approximate surface area is 104 Å². The normalized spacial score (nSPS) is 14.0. The average Bonchev–Trinajstić information content (AvgIpc) is 2.21. The molecular weight excluding hydrogens is 239 g/mol. The Bertz CT molecular complexity index is 449. The number of carbonyl (C=O) groups is 1. The van der Waals surface area contributed by atoms with E-state index in [1.807, 2.05) is 0 Å². The third kappa shape index (κ3) is 3.33. The minimum absolute atomic E-state index is 0.159. The van der Waals surface area contributed by atoms with Gasteiger partial charge >= 0.3 is 5.97 Å². The number of aliphatic hydroxyl groups is 1. The summed E-state index contributed by atoms with van der Waals surface area (Å²) in [6.07, 6.45) is -0.0744. The Hall–Kier alpha value is -1.82. The summed E-state index contributed by atoms with van der Waals surface area (Å²) in [5, 5.41) is 21.2. The van der Waals surface area contributed by atoms with Gasteiger partial charge in [-0.2, -0.15) is 0 Å². The van der Waals surface area contributed by atoms with Gasteiger partial charge in [-0.25, -0.2) is 9.18 Å². The first kappa shape index (κ1) is 14.2. The fraction of sp³-hybridized carbons (Fsp3) is 0.417. The molecule has 5 N–H and O–H groups in total. The van der Waals surface area contributed by atoms with Gasteiger partial charge in [-0.3, -0.25) is 0 Å². The summed E-state index contributed by atoms with van der Waals surface area (Å²) in [5.41, 5.74) is 4.98. The number of hydrogen-bond acceptors (Lipinski definition) is 4. The third-order valence-electron chi connectivity index (χ3n) is 2.50. The Morgan fingerprint density at radius 1 is 1.50 bits per heavy atom. The molecule has 2 unspecified atom stereocenters. The van der Waals surface area contributed by atoms with Crippen molar-refractivity contribution < 1.29 is 19.4 Å². The Morgan fingerprint density at radius 3 is 2.61 bits per heavy atom. The zero-order valence-electron chi connectivity index (χ0n) is 10.3. The zero-order valence-corrected chi connectivity index (χ0v) is 10.3. The van der Waals surface area contributed by atoms with Gasteiger partial charge in [0.15, 0.2) is 0 Å². The minimum atomic E-state index is -1.29. The monoisotopic (exact) mass is 256 g/mol. The van der Waals surface area contributed by atoms with Crippen LogP contribution in [0.25, 0.3) is 0 Å². The highest BCUT2D eigenvalue weighted by Gasteiger charge is 2.18. The van der Waals surface area contributed by atoms with Crippen LogP contribution in [0.2, 0.25) is 0 Å². The molecule has 6 heteroatoms. The van der Waals surface area contributed by atoms with Gasteiger partial charge in [0.2, 0.25) is 0 Å². The van der Waals surface area contributed by atoms with Crippen LogP contribution in [0, 0.1) is 5.82 Å². The van der Waals surface area contributed by atoms with E-state index < -0.39 is 23.6 Å². The molecular formula is C12H17FN2O3. The molecule has 0 aliphatic carbocycles. The number of carboxylic acid groups (broad SMARTS) is 1. The summed E-state index contributed by atoms with van der Waals surface area (Å²) >= 11 is 0. The highest BCUT2D eigenvalue weighted by atomic mass is 19.1. The lowest BCUT2D eigenvalue weighted by Gasteiger charge is -2.19. The number of hydrogen-bond donors (Lipinski definition) is 4.